The number of rotatable bonds is 4. The molecule has 2 amide bonds. The van der Waals surface area contributed by atoms with E-state index >= 15 is 0 Å². The minimum atomic E-state index is -0.275. The number of thiocarbonyl (C=S) groups is 1. The third-order valence-electron chi connectivity index (χ3n) is 3.23. The van der Waals surface area contributed by atoms with Crippen LogP contribution in [0.3, 0.4) is 0 Å². The van der Waals surface area contributed by atoms with Gasteiger partial charge in [0.25, 0.3) is 5.91 Å². The molecule has 0 saturated heterocycles. The van der Waals surface area contributed by atoms with E-state index in [1.54, 1.807) is 62.4 Å². The highest BCUT2D eigenvalue weighted by Gasteiger charge is 2.10. The summed E-state index contributed by atoms with van der Waals surface area (Å²) in [7, 11) is 0. The van der Waals surface area contributed by atoms with Gasteiger partial charge in [-0.2, -0.15) is 0 Å². The lowest BCUT2D eigenvalue weighted by molar-refractivity contribution is -0.122. The zero-order chi connectivity index (χ0) is 18.4. The van der Waals surface area contributed by atoms with Gasteiger partial charge in [-0.25, -0.2) is 0 Å². The van der Waals surface area contributed by atoms with Gasteiger partial charge >= 0.3 is 0 Å². The maximum absolute atomic E-state index is 12.3. The molecule has 0 atom stereocenters. The van der Waals surface area contributed by atoms with E-state index in [4.69, 9.17) is 23.8 Å². The van der Waals surface area contributed by atoms with Crippen LogP contribution >= 0.6 is 23.8 Å². The van der Waals surface area contributed by atoms with Gasteiger partial charge in [-0.3, -0.25) is 9.59 Å². The smallest absolute Gasteiger partial charge is 0.255 e. The minimum absolute atomic E-state index is 0.172. The monoisotopic (exact) mass is 375 g/mol. The van der Waals surface area contributed by atoms with E-state index in [-0.39, 0.29) is 22.8 Å². The topological polar surface area (TPSA) is 70.2 Å². The van der Waals surface area contributed by atoms with Crippen LogP contribution in [0.1, 0.15) is 24.2 Å². The molecule has 0 radical (unpaired) electrons. The van der Waals surface area contributed by atoms with E-state index in [2.05, 4.69) is 16.0 Å². The van der Waals surface area contributed by atoms with Crippen molar-refractivity contribution in [2.24, 2.45) is 5.92 Å². The van der Waals surface area contributed by atoms with Gasteiger partial charge in [0.2, 0.25) is 5.91 Å². The molecule has 7 heteroatoms. The quantitative estimate of drug-likeness (QED) is 0.705. The second-order valence-electron chi connectivity index (χ2n) is 5.64. The molecule has 2 aromatic carbocycles. The molecular formula is C18H18ClN3O2S. The van der Waals surface area contributed by atoms with Crippen LogP contribution in [-0.2, 0) is 4.79 Å². The van der Waals surface area contributed by atoms with E-state index in [1.807, 2.05) is 0 Å². The molecule has 0 spiro atoms. The zero-order valence-electron chi connectivity index (χ0n) is 13.8. The van der Waals surface area contributed by atoms with Crippen molar-refractivity contribution in [3.63, 3.8) is 0 Å². The molecule has 0 heterocycles. The number of halogens is 1. The first-order chi connectivity index (χ1) is 11.8. The number of carbonyl (C=O) groups is 2. The number of hydrogen-bond donors (Lipinski definition) is 3. The van der Waals surface area contributed by atoms with E-state index in [1.165, 1.54) is 0 Å². The average molecular weight is 376 g/mol. The molecule has 5 nitrogen and oxygen atoms in total. The summed E-state index contributed by atoms with van der Waals surface area (Å²) in [6, 6.07) is 13.7. The van der Waals surface area contributed by atoms with Crippen molar-refractivity contribution in [1.29, 1.82) is 0 Å². The second-order valence-corrected chi connectivity index (χ2v) is 6.49. The molecule has 0 aliphatic heterocycles. The highest BCUT2D eigenvalue weighted by molar-refractivity contribution is 7.80. The van der Waals surface area contributed by atoms with E-state index in [0.29, 0.717) is 22.0 Å². The number of amides is 2. The van der Waals surface area contributed by atoms with Gasteiger partial charge in [0.15, 0.2) is 5.11 Å². The fourth-order valence-corrected chi connectivity index (χ4v) is 2.33. The van der Waals surface area contributed by atoms with E-state index < -0.39 is 0 Å². The van der Waals surface area contributed by atoms with Gasteiger partial charge in [-0.05, 0) is 48.6 Å². The normalized spacial score (nSPS) is 10.2. The Morgan fingerprint density at radius 1 is 1.00 bits per heavy atom. The Morgan fingerprint density at radius 2 is 1.64 bits per heavy atom. The third kappa shape index (κ3) is 5.85. The summed E-state index contributed by atoms with van der Waals surface area (Å²) in [6.45, 7) is 3.55. The summed E-state index contributed by atoms with van der Waals surface area (Å²) in [4.78, 5) is 24.0. The zero-order valence-corrected chi connectivity index (χ0v) is 15.4. The number of carbonyl (C=O) groups excluding carboxylic acids is 2. The van der Waals surface area contributed by atoms with Crippen molar-refractivity contribution < 1.29 is 9.59 Å². The molecule has 25 heavy (non-hydrogen) atoms. The predicted molar refractivity (Wildman–Crippen MR) is 105 cm³/mol. The van der Waals surface area contributed by atoms with Crippen LogP contribution < -0.4 is 16.0 Å². The van der Waals surface area contributed by atoms with Gasteiger partial charge < -0.3 is 16.0 Å². The average Bonchev–Trinajstić information content (AvgIpc) is 2.54. The van der Waals surface area contributed by atoms with Crippen LogP contribution in [0.2, 0.25) is 5.02 Å². The van der Waals surface area contributed by atoms with Gasteiger partial charge in [0.1, 0.15) is 0 Å². The van der Waals surface area contributed by atoms with E-state index in [9.17, 15) is 9.59 Å². The molecule has 0 saturated carbocycles. The van der Waals surface area contributed by atoms with Gasteiger partial charge in [-0.15, -0.1) is 0 Å². The fraction of sp³-hybridized carbons (Fsp3) is 0.167. The SMILES string of the molecule is CC(C)C(=O)NC(=S)Nc1cccc(C(=O)Nc2cccc(Cl)c2)c1. The highest BCUT2D eigenvalue weighted by Crippen LogP contribution is 2.17. The molecule has 0 aromatic heterocycles. The Morgan fingerprint density at radius 3 is 2.28 bits per heavy atom. The first kappa shape index (κ1) is 18.9. The summed E-state index contributed by atoms with van der Waals surface area (Å²) in [6.07, 6.45) is 0. The number of hydrogen-bond acceptors (Lipinski definition) is 3. The van der Waals surface area contributed by atoms with Crippen LogP contribution in [0.15, 0.2) is 48.5 Å². The van der Waals surface area contributed by atoms with Crippen molar-refractivity contribution in [3.8, 4) is 0 Å². The summed E-state index contributed by atoms with van der Waals surface area (Å²) in [5.41, 5.74) is 1.66. The van der Waals surface area contributed by atoms with Crippen molar-refractivity contribution in [3.05, 3.63) is 59.1 Å². The largest absolute Gasteiger partial charge is 0.332 e. The summed E-state index contributed by atoms with van der Waals surface area (Å²) < 4.78 is 0. The Hall–Kier alpha value is -2.44. The first-order valence-corrected chi connectivity index (χ1v) is 8.42. The summed E-state index contributed by atoms with van der Waals surface area (Å²) in [5, 5.41) is 8.98. The maximum Gasteiger partial charge on any atom is 0.255 e. The van der Waals surface area contributed by atoms with Crippen LogP contribution in [0.4, 0.5) is 11.4 Å². The lowest BCUT2D eigenvalue weighted by Crippen LogP contribution is -2.36. The van der Waals surface area contributed by atoms with Crippen LogP contribution in [-0.4, -0.2) is 16.9 Å². The number of nitrogens with one attached hydrogen (secondary N) is 3. The fourth-order valence-electron chi connectivity index (χ4n) is 1.93. The Bertz CT molecular complexity index is 808. The maximum atomic E-state index is 12.3. The number of benzene rings is 2. The molecule has 2 aromatic rings. The lowest BCUT2D eigenvalue weighted by Gasteiger charge is -2.12. The summed E-state index contributed by atoms with van der Waals surface area (Å²) in [5.74, 6) is -0.620. The number of anilines is 2. The van der Waals surface area contributed by atoms with Crippen molar-refractivity contribution in [1.82, 2.24) is 5.32 Å². The molecule has 0 aliphatic carbocycles. The van der Waals surface area contributed by atoms with Gasteiger partial charge in [0, 0.05) is 27.9 Å². The Balaban J connectivity index is 2.04. The molecule has 0 aliphatic rings. The standard InChI is InChI=1S/C18H18ClN3O2S/c1-11(2)16(23)22-18(25)21-14-7-3-5-12(9-14)17(24)20-15-8-4-6-13(19)10-15/h3-11H,1-2H3,(H,20,24)(H2,21,22,23,25). The Kier molecular flexibility index (Phi) is 6.50. The van der Waals surface area contributed by atoms with E-state index in [0.717, 1.165) is 0 Å². The second kappa shape index (κ2) is 8.60. The first-order valence-electron chi connectivity index (χ1n) is 7.64. The molecule has 3 N–H and O–H groups in total. The van der Waals surface area contributed by atoms with Crippen LogP contribution in [0, 0.1) is 5.92 Å². The lowest BCUT2D eigenvalue weighted by atomic mass is 10.2. The van der Waals surface area contributed by atoms with Crippen molar-refractivity contribution in [2.45, 2.75) is 13.8 Å². The third-order valence-corrected chi connectivity index (χ3v) is 3.67. The predicted octanol–water partition coefficient (Wildman–Crippen LogP) is 4.06. The Labute approximate surface area is 156 Å². The van der Waals surface area contributed by atoms with Crippen molar-refractivity contribution in [2.75, 3.05) is 10.6 Å². The molecule has 0 bridgehead atoms. The van der Waals surface area contributed by atoms with Gasteiger partial charge in [-0.1, -0.05) is 37.6 Å². The van der Waals surface area contributed by atoms with Crippen molar-refractivity contribution >= 4 is 52.1 Å². The minimum Gasteiger partial charge on any atom is -0.332 e. The van der Waals surface area contributed by atoms with Gasteiger partial charge in [0.05, 0.1) is 0 Å². The molecule has 2 rings (SSSR count). The molecule has 0 unspecified atom stereocenters. The molecular weight excluding hydrogens is 358 g/mol. The summed E-state index contributed by atoms with van der Waals surface area (Å²) >= 11 is 11.0. The molecule has 130 valence electrons. The highest BCUT2D eigenvalue weighted by atomic mass is 35.5. The van der Waals surface area contributed by atoms with Crippen LogP contribution in [0.5, 0.6) is 0 Å². The molecule has 0 fully saturated rings. The van der Waals surface area contributed by atoms with Crippen LogP contribution in [0.25, 0.3) is 0 Å².